The van der Waals surface area contributed by atoms with Gasteiger partial charge in [0.05, 0.1) is 11.2 Å². The third-order valence-corrected chi connectivity index (χ3v) is 4.07. The fraction of sp³-hybridized carbons (Fsp3) is 0.500. The number of carbonyl (C=O) groups is 1. The summed E-state index contributed by atoms with van der Waals surface area (Å²) < 4.78 is 0. The van der Waals surface area contributed by atoms with Crippen LogP contribution in [0.1, 0.15) is 31.1 Å². The van der Waals surface area contributed by atoms with E-state index in [4.69, 9.17) is 5.11 Å². The lowest BCUT2D eigenvalue weighted by Gasteiger charge is -2.27. The Balaban J connectivity index is 2.79. The van der Waals surface area contributed by atoms with Crippen molar-refractivity contribution in [3.63, 3.8) is 0 Å². The lowest BCUT2D eigenvalue weighted by molar-refractivity contribution is 0.0375. The highest BCUT2D eigenvalue weighted by Gasteiger charge is 2.26. The van der Waals surface area contributed by atoms with E-state index < -0.39 is 11.6 Å². The molecule has 1 aromatic rings. The molecule has 0 aliphatic heterocycles. The normalized spacial score (nSPS) is 14.6. The van der Waals surface area contributed by atoms with Crippen LogP contribution in [0.25, 0.3) is 0 Å². The molecule has 94 valence electrons. The van der Waals surface area contributed by atoms with E-state index in [9.17, 15) is 9.90 Å². The van der Waals surface area contributed by atoms with Gasteiger partial charge in [-0.3, -0.25) is 0 Å². The summed E-state index contributed by atoms with van der Waals surface area (Å²) in [6.45, 7) is 5.60. The molecular weight excluding hydrogens is 238 g/mol. The zero-order valence-corrected chi connectivity index (χ0v) is 11.0. The number of aromatic nitrogens is 1. The monoisotopic (exact) mass is 255 g/mol. The standard InChI is InChI=1S/C12H17NO3S/c1-8(2)12(3,16)7-17-10-9(11(14)15)5-4-6-13-10/h4-6,8,16H,7H2,1-3H3,(H,14,15). The van der Waals surface area contributed by atoms with Gasteiger partial charge >= 0.3 is 5.97 Å². The average molecular weight is 255 g/mol. The van der Waals surface area contributed by atoms with E-state index in [1.807, 2.05) is 13.8 Å². The molecule has 1 aromatic heterocycles. The van der Waals surface area contributed by atoms with Crippen molar-refractivity contribution in [3.8, 4) is 0 Å². The topological polar surface area (TPSA) is 70.4 Å². The first-order valence-electron chi connectivity index (χ1n) is 5.38. The third kappa shape index (κ3) is 3.71. The molecule has 0 aliphatic carbocycles. The van der Waals surface area contributed by atoms with E-state index in [0.717, 1.165) is 0 Å². The quantitative estimate of drug-likeness (QED) is 0.790. The van der Waals surface area contributed by atoms with E-state index >= 15 is 0 Å². The van der Waals surface area contributed by atoms with Gasteiger partial charge in [-0.15, -0.1) is 11.8 Å². The van der Waals surface area contributed by atoms with Crippen LogP contribution in [0.5, 0.6) is 0 Å². The first-order valence-corrected chi connectivity index (χ1v) is 6.36. The molecule has 0 radical (unpaired) electrons. The average Bonchev–Trinajstić information content (AvgIpc) is 2.26. The number of thioether (sulfide) groups is 1. The summed E-state index contributed by atoms with van der Waals surface area (Å²) in [5.41, 5.74) is -0.658. The van der Waals surface area contributed by atoms with Crippen molar-refractivity contribution < 1.29 is 15.0 Å². The lowest BCUT2D eigenvalue weighted by Crippen LogP contribution is -2.33. The molecule has 0 saturated heterocycles. The smallest absolute Gasteiger partial charge is 0.338 e. The summed E-state index contributed by atoms with van der Waals surface area (Å²) in [6.07, 6.45) is 1.55. The van der Waals surface area contributed by atoms with Crippen LogP contribution in [0.4, 0.5) is 0 Å². The van der Waals surface area contributed by atoms with Crippen LogP contribution in [-0.4, -0.2) is 32.5 Å². The van der Waals surface area contributed by atoms with Crippen LogP contribution >= 0.6 is 11.8 Å². The van der Waals surface area contributed by atoms with Crippen molar-refractivity contribution >= 4 is 17.7 Å². The summed E-state index contributed by atoms with van der Waals surface area (Å²) in [6, 6.07) is 3.11. The largest absolute Gasteiger partial charge is 0.478 e. The maximum atomic E-state index is 11.0. The predicted octanol–water partition coefficient (Wildman–Crippen LogP) is 2.28. The number of nitrogens with zero attached hydrogens (tertiary/aromatic N) is 1. The Labute approximate surface area is 105 Å². The van der Waals surface area contributed by atoms with Crippen LogP contribution in [0.3, 0.4) is 0 Å². The Hall–Kier alpha value is -1.07. The summed E-state index contributed by atoms with van der Waals surface area (Å²) in [4.78, 5) is 15.0. The molecule has 0 fully saturated rings. The molecule has 0 spiro atoms. The summed E-state index contributed by atoms with van der Waals surface area (Å²) in [5, 5.41) is 19.5. The molecule has 4 nitrogen and oxygen atoms in total. The van der Waals surface area contributed by atoms with Crippen LogP contribution in [-0.2, 0) is 0 Å². The molecule has 1 unspecified atom stereocenters. The number of carboxylic acids is 1. The first-order chi connectivity index (χ1) is 7.84. The lowest BCUT2D eigenvalue weighted by atomic mass is 9.95. The fourth-order valence-corrected chi connectivity index (χ4v) is 2.26. The van der Waals surface area contributed by atoms with E-state index in [1.54, 1.807) is 19.2 Å². The second-order valence-corrected chi connectivity index (χ2v) is 5.43. The zero-order chi connectivity index (χ0) is 13.1. The minimum Gasteiger partial charge on any atom is -0.478 e. The molecule has 0 saturated carbocycles. The molecule has 1 atom stereocenters. The molecule has 0 bridgehead atoms. The second kappa shape index (κ2) is 5.51. The second-order valence-electron chi connectivity index (χ2n) is 4.46. The van der Waals surface area contributed by atoms with Gasteiger partial charge < -0.3 is 10.2 Å². The van der Waals surface area contributed by atoms with Gasteiger partial charge in [-0.1, -0.05) is 13.8 Å². The van der Waals surface area contributed by atoms with Gasteiger partial charge in [0.25, 0.3) is 0 Å². The summed E-state index contributed by atoms with van der Waals surface area (Å²) >= 11 is 1.27. The molecule has 0 aliphatic rings. The molecular formula is C12H17NO3S. The van der Waals surface area contributed by atoms with Crippen molar-refractivity contribution in [1.82, 2.24) is 4.98 Å². The summed E-state index contributed by atoms with van der Waals surface area (Å²) in [7, 11) is 0. The Morgan fingerprint density at radius 2 is 2.24 bits per heavy atom. The number of hydrogen-bond acceptors (Lipinski definition) is 4. The van der Waals surface area contributed by atoms with Crippen LogP contribution in [0, 0.1) is 5.92 Å². The molecule has 17 heavy (non-hydrogen) atoms. The van der Waals surface area contributed by atoms with Gasteiger partial charge in [0, 0.05) is 11.9 Å². The Morgan fingerprint density at radius 3 is 2.76 bits per heavy atom. The van der Waals surface area contributed by atoms with E-state index in [2.05, 4.69) is 4.98 Å². The SMILES string of the molecule is CC(C)C(C)(O)CSc1ncccc1C(=O)O. The highest BCUT2D eigenvalue weighted by atomic mass is 32.2. The van der Waals surface area contributed by atoms with Gasteiger partial charge in [0.15, 0.2) is 0 Å². The van der Waals surface area contributed by atoms with Crippen molar-refractivity contribution in [2.24, 2.45) is 5.92 Å². The van der Waals surface area contributed by atoms with Gasteiger partial charge in [0.2, 0.25) is 0 Å². The predicted molar refractivity (Wildman–Crippen MR) is 67.4 cm³/mol. The van der Waals surface area contributed by atoms with Crippen molar-refractivity contribution in [2.75, 3.05) is 5.75 Å². The van der Waals surface area contributed by atoms with Crippen LogP contribution in [0.15, 0.2) is 23.4 Å². The molecule has 5 heteroatoms. The molecule has 1 rings (SSSR count). The molecule has 0 amide bonds. The third-order valence-electron chi connectivity index (χ3n) is 2.75. The highest BCUT2D eigenvalue weighted by Crippen LogP contribution is 2.27. The number of hydrogen-bond donors (Lipinski definition) is 2. The number of rotatable bonds is 5. The first kappa shape index (κ1) is 14.0. The van der Waals surface area contributed by atoms with Gasteiger partial charge in [-0.05, 0) is 25.0 Å². The Kier molecular flexibility index (Phi) is 4.54. The number of aliphatic hydroxyl groups is 1. The fourth-order valence-electron chi connectivity index (χ4n) is 1.05. The van der Waals surface area contributed by atoms with Crippen molar-refractivity contribution in [2.45, 2.75) is 31.4 Å². The van der Waals surface area contributed by atoms with E-state index in [0.29, 0.717) is 10.8 Å². The van der Waals surface area contributed by atoms with Crippen LogP contribution in [0.2, 0.25) is 0 Å². The number of pyridine rings is 1. The zero-order valence-electron chi connectivity index (χ0n) is 10.2. The highest BCUT2D eigenvalue weighted by molar-refractivity contribution is 7.99. The van der Waals surface area contributed by atoms with E-state index in [-0.39, 0.29) is 11.5 Å². The Bertz CT molecular complexity index is 404. The van der Waals surface area contributed by atoms with E-state index in [1.165, 1.54) is 17.8 Å². The van der Waals surface area contributed by atoms with Crippen LogP contribution < -0.4 is 0 Å². The molecule has 1 heterocycles. The van der Waals surface area contributed by atoms with Gasteiger partial charge in [-0.25, -0.2) is 9.78 Å². The van der Waals surface area contributed by atoms with Gasteiger partial charge in [0.1, 0.15) is 5.03 Å². The maximum Gasteiger partial charge on any atom is 0.338 e. The van der Waals surface area contributed by atoms with Crippen molar-refractivity contribution in [1.29, 1.82) is 0 Å². The summed E-state index contributed by atoms with van der Waals surface area (Å²) in [5.74, 6) is -0.473. The minimum absolute atomic E-state index is 0.104. The van der Waals surface area contributed by atoms with Crippen molar-refractivity contribution in [3.05, 3.63) is 23.9 Å². The number of aromatic carboxylic acids is 1. The number of carboxylic acid groups (broad SMARTS) is 1. The molecule has 0 aromatic carbocycles. The Morgan fingerprint density at radius 1 is 1.59 bits per heavy atom. The minimum atomic E-state index is -0.996. The maximum absolute atomic E-state index is 11.0. The van der Waals surface area contributed by atoms with Gasteiger partial charge in [-0.2, -0.15) is 0 Å². The molecule has 2 N–H and O–H groups in total.